The second-order valence-corrected chi connectivity index (χ2v) is 3.59. The Labute approximate surface area is 99.3 Å². The number of benzene rings is 1. The molecule has 0 saturated carbocycles. The van der Waals surface area contributed by atoms with E-state index in [0.717, 1.165) is 5.56 Å². The maximum atomic E-state index is 13.2. The van der Waals surface area contributed by atoms with Gasteiger partial charge in [0.15, 0.2) is 0 Å². The van der Waals surface area contributed by atoms with E-state index >= 15 is 0 Å². The molecule has 4 heteroatoms. The third-order valence-corrected chi connectivity index (χ3v) is 2.35. The van der Waals surface area contributed by atoms with Crippen LogP contribution in [0.25, 0.3) is 0 Å². The van der Waals surface area contributed by atoms with E-state index in [9.17, 15) is 4.39 Å². The molecule has 0 radical (unpaired) electrons. The lowest BCUT2D eigenvalue weighted by molar-refractivity contribution is 0.411. The van der Waals surface area contributed by atoms with Gasteiger partial charge in [-0.1, -0.05) is 0 Å². The van der Waals surface area contributed by atoms with Crippen LogP contribution in [-0.2, 0) is 6.54 Å². The van der Waals surface area contributed by atoms with Crippen LogP contribution in [0.3, 0.4) is 0 Å². The topological polar surface area (TPSA) is 34.1 Å². The first-order valence-corrected chi connectivity index (χ1v) is 5.25. The molecule has 1 heterocycles. The van der Waals surface area contributed by atoms with Crippen LogP contribution < -0.4 is 10.1 Å². The third kappa shape index (κ3) is 3.17. The van der Waals surface area contributed by atoms with E-state index in [0.29, 0.717) is 18.0 Å². The Bertz CT molecular complexity index is 488. The van der Waals surface area contributed by atoms with Crippen molar-refractivity contribution < 1.29 is 9.13 Å². The van der Waals surface area contributed by atoms with Gasteiger partial charge in [0, 0.05) is 36.8 Å². The van der Waals surface area contributed by atoms with E-state index < -0.39 is 0 Å². The molecule has 1 aromatic carbocycles. The molecule has 0 unspecified atom stereocenters. The molecule has 3 nitrogen and oxygen atoms in total. The van der Waals surface area contributed by atoms with E-state index in [2.05, 4.69) is 10.3 Å². The van der Waals surface area contributed by atoms with E-state index in [-0.39, 0.29) is 5.82 Å². The van der Waals surface area contributed by atoms with Crippen molar-refractivity contribution in [3.8, 4) is 5.75 Å². The Morgan fingerprint density at radius 3 is 2.71 bits per heavy atom. The number of methoxy groups -OCH3 is 1. The van der Waals surface area contributed by atoms with Crippen LogP contribution in [0.5, 0.6) is 5.75 Å². The molecule has 0 fully saturated rings. The number of anilines is 1. The normalized spacial score (nSPS) is 10.0. The number of halogens is 1. The number of rotatable bonds is 4. The van der Waals surface area contributed by atoms with Crippen molar-refractivity contribution in [3.63, 3.8) is 0 Å². The van der Waals surface area contributed by atoms with Crippen molar-refractivity contribution in [2.75, 3.05) is 12.4 Å². The average Bonchev–Trinajstić information content (AvgIpc) is 2.37. The summed E-state index contributed by atoms with van der Waals surface area (Å²) >= 11 is 0. The highest BCUT2D eigenvalue weighted by molar-refractivity contribution is 5.49. The summed E-state index contributed by atoms with van der Waals surface area (Å²) in [4.78, 5) is 3.93. The lowest BCUT2D eigenvalue weighted by Crippen LogP contribution is -2.00. The number of ether oxygens (including phenoxy) is 1. The van der Waals surface area contributed by atoms with Crippen molar-refractivity contribution in [1.29, 1.82) is 0 Å². The monoisotopic (exact) mass is 232 g/mol. The molecule has 1 N–H and O–H groups in total. The molecule has 0 aliphatic carbocycles. The Balaban J connectivity index is 2.06. The maximum Gasteiger partial charge on any atom is 0.128 e. The van der Waals surface area contributed by atoms with Gasteiger partial charge < -0.3 is 10.1 Å². The van der Waals surface area contributed by atoms with Crippen LogP contribution >= 0.6 is 0 Å². The van der Waals surface area contributed by atoms with Crippen LogP contribution in [0, 0.1) is 5.82 Å². The standard InChI is InChI=1S/C13H13FN2O/c1-17-13-7-11(14)6-12(8-13)16-9-10-2-4-15-5-3-10/h2-8,16H,9H2,1H3. The fourth-order valence-electron chi connectivity index (χ4n) is 1.49. The summed E-state index contributed by atoms with van der Waals surface area (Å²) < 4.78 is 18.2. The van der Waals surface area contributed by atoms with Gasteiger partial charge in [0.05, 0.1) is 7.11 Å². The number of nitrogens with zero attached hydrogens (tertiary/aromatic N) is 1. The largest absolute Gasteiger partial charge is 0.497 e. The van der Waals surface area contributed by atoms with Crippen LogP contribution in [0.1, 0.15) is 5.56 Å². The number of aromatic nitrogens is 1. The Hall–Kier alpha value is -2.10. The zero-order valence-electron chi connectivity index (χ0n) is 9.48. The zero-order valence-corrected chi connectivity index (χ0v) is 9.48. The first-order chi connectivity index (χ1) is 8.28. The van der Waals surface area contributed by atoms with Gasteiger partial charge in [-0.25, -0.2) is 4.39 Å². The van der Waals surface area contributed by atoms with Crippen LogP contribution in [0.4, 0.5) is 10.1 Å². The SMILES string of the molecule is COc1cc(F)cc(NCc2ccncc2)c1. The van der Waals surface area contributed by atoms with Crippen molar-refractivity contribution in [3.05, 3.63) is 54.1 Å². The first-order valence-electron chi connectivity index (χ1n) is 5.25. The van der Waals surface area contributed by atoms with E-state index in [1.165, 1.54) is 19.2 Å². The highest BCUT2D eigenvalue weighted by atomic mass is 19.1. The fraction of sp³-hybridized carbons (Fsp3) is 0.154. The van der Waals surface area contributed by atoms with Crippen molar-refractivity contribution in [2.24, 2.45) is 0 Å². The molecule has 0 aliphatic rings. The third-order valence-electron chi connectivity index (χ3n) is 2.35. The van der Waals surface area contributed by atoms with Crippen LogP contribution in [0.2, 0.25) is 0 Å². The molecular weight excluding hydrogens is 219 g/mol. The van der Waals surface area contributed by atoms with Crippen LogP contribution in [-0.4, -0.2) is 12.1 Å². The molecule has 17 heavy (non-hydrogen) atoms. The molecule has 0 amide bonds. The summed E-state index contributed by atoms with van der Waals surface area (Å²) in [5.74, 6) is 0.184. The highest BCUT2D eigenvalue weighted by Crippen LogP contribution is 2.20. The molecule has 0 spiro atoms. The Kier molecular flexibility index (Phi) is 3.55. The number of pyridine rings is 1. The number of hydrogen-bond donors (Lipinski definition) is 1. The van der Waals surface area contributed by atoms with Gasteiger partial charge in [0.2, 0.25) is 0 Å². The predicted octanol–water partition coefficient (Wildman–Crippen LogP) is 2.84. The maximum absolute atomic E-state index is 13.2. The van der Waals surface area contributed by atoms with Crippen LogP contribution in [0.15, 0.2) is 42.7 Å². The van der Waals surface area contributed by atoms with Gasteiger partial charge >= 0.3 is 0 Å². The molecule has 2 aromatic rings. The van der Waals surface area contributed by atoms with Crippen molar-refractivity contribution >= 4 is 5.69 Å². The molecule has 0 atom stereocenters. The summed E-state index contributed by atoms with van der Waals surface area (Å²) in [5.41, 5.74) is 1.78. The summed E-state index contributed by atoms with van der Waals surface area (Å²) in [6.07, 6.45) is 3.45. The van der Waals surface area contributed by atoms with Crippen molar-refractivity contribution in [2.45, 2.75) is 6.54 Å². The number of nitrogens with one attached hydrogen (secondary N) is 1. The Morgan fingerprint density at radius 2 is 2.00 bits per heavy atom. The number of hydrogen-bond acceptors (Lipinski definition) is 3. The first kappa shape index (κ1) is 11.4. The fourth-order valence-corrected chi connectivity index (χ4v) is 1.49. The lowest BCUT2D eigenvalue weighted by atomic mass is 10.2. The van der Waals surface area contributed by atoms with E-state index in [1.54, 1.807) is 18.5 Å². The second-order valence-electron chi connectivity index (χ2n) is 3.59. The summed E-state index contributed by atoms with van der Waals surface area (Å²) in [6, 6.07) is 8.35. The van der Waals surface area contributed by atoms with Crippen molar-refractivity contribution in [1.82, 2.24) is 4.98 Å². The van der Waals surface area contributed by atoms with Gasteiger partial charge in [-0.2, -0.15) is 0 Å². The predicted molar refractivity (Wildman–Crippen MR) is 64.5 cm³/mol. The molecule has 1 aromatic heterocycles. The minimum absolute atomic E-state index is 0.318. The molecule has 0 saturated heterocycles. The average molecular weight is 232 g/mol. The van der Waals surface area contributed by atoms with Gasteiger partial charge in [0.25, 0.3) is 0 Å². The van der Waals surface area contributed by atoms with E-state index in [4.69, 9.17) is 4.74 Å². The summed E-state index contributed by atoms with van der Waals surface area (Å²) in [7, 11) is 1.52. The summed E-state index contributed by atoms with van der Waals surface area (Å²) in [5, 5.41) is 3.13. The van der Waals surface area contributed by atoms with Gasteiger partial charge in [-0.05, 0) is 23.8 Å². The minimum atomic E-state index is -0.318. The smallest absolute Gasteiger partial charge is 0.128 e. The zero-order chi connectivity index (χ0) is 12.1. The highest BCUT2D eigenvalue weighted by Gasteiger charge is 2.00. The summed E-state index contributed by atoms with van der Waals surface area (Å²) in [6.45, 7) is 0.620. The molecule has 2 rings (SSSR count). The minimum Gasteiger partial charge on any atom is -0.497 e. The Morgan fingerprint density at radius 1 is 1.24 bits per heavy atom. The second kappa shape index (κ2) is 5.30. The van der Waals surface area contributed by atoms with E-state index in [1.807, 2.05) is 12.1 Å². The molecule has 0 aliphatic heterocycles. The van der Waals surface area contributed by atoms with Gasteiger partial charge in [-0.3, -0.25) is 4.98 Å². The van der Waals surface area contributed by atoms with Gasteiger partial charge in [-0.15, -0.1) is 0 Å². The molecule has 88 valence electrons. The quantitative estimate of drug-likeness (QED) is 0.880. The lowest BCUT2D eigenvalue weighted by Gasteiger charge is -2.08. The molecular formula is C13H13FN2O. The van der Waals surface area contributed by atoms with Gasteiger partial charge in [0.1, 0.15) is 11.6 Å². The molecule has 0 bridgehead atoms.